The van der Waals surface area contributed by atoms with Gasteiger partial charge in [-0.25, -0.2) is 0 Å². The van der Waals surface area contributed by atoms with Crippen LogP contribution in [0.5, 0.6) is 11.5 Å². The van der Waals surface area contributed by atoms with Crippen LogP contribution >= 0.6 is 11.3 Å². The molecule has 6 heteroatoms. The van der Waals surface area contributed by atoms with Crippen molar-refractivity contribution in [1.29, 1.82) is 0 Å². The molecule has 0 aliphatic carbocycles. The molecule has 0 saturated heterocycles. The third kappa shape index (κ3) is 4.11. The highest BCUT2D eigenvalue weighted by atomic mass is 32.1. The summed E-state index contributed by atoms with van der Waals surface area (Å²) in [5.41, 5.74) is 3.06. The number of aryl methyl sites for hydroxylation is 1. The van der Waals surface area contributed by atoms with Crippen molar-refractivity contribution < 1.29 is 19.1 Å². The highest BCUT2D eigenvalue weighted by molar-refractivity contribution is 7.09. The van der Waals surface area contributed by atoms with E-state index in [-0.39, 0.29) is 12.4 Å². The van der Waals surface area contributed by atoms with Crippen LogP contribution in [0.15, 0.2) is 41.8 Å². The number of aromatic nitrogens is 1. The van der Waals surface area contributed by atoms with Gasteiger partial charge in [0, 0.05) is 27.4 Å². The molecule has 140 valence electrons. The van der Waals surface area contributed by atoms with Crippen LogP contribution in [0.4, 0.5) is 0 Å². The molecule has 0 spiro atoms. The first-order valence-corrected chi connectivity index (χ1v) is 9.39. The lowest BCUT2D eigenvalue weighted by Crippen LogP contribution is -2.13. The van der Waals surface area contributed by atoms with Crippen LogP contribution in [0.3, 0.4) is 0 Å². The highest BCUT2D eigenvalue weighted by Crippen LogP contribution is 2.28. The molecule has 3 aromatic rings. The molecule has 2 heterocycles. The number of ether oxygens (including phenoxy) is 2. The van der Waals surface area contributed by atoms with Gasteiger partial charge in [-0.1, -0.05) is 6.07 Å². The van der Waals surface area contributed by atoms with E-state index in [0.717, 1.165) is 24.2 Å². The maximum atomic E-state index is 12.7. The van der Waals surface area contributed by atoms with E-state index in [1.165, 1.54) is 12.0 Å². The van der Waals surface area contributed by atoms with Crippen molar-refractivity contribution in [3.05, 3.63) is 69.2 Å². The van der Waals surface area contributed by atoms with Crippen molar-refractivity contribution in [2.45, 2.75) is 20.4 Å². The molecule has 27 heavy (non-hydrogen) atoms. The Morgan fingerprint density at radius 1 is 1.19 bits per heavy atom. The molecule has 2 aromatic heterocycles. The average molecular weight is 383 g/mol. The molecule has 0 atom stereocenters. The van der Waals surface area contributed by atoms with Gasteiger partial charge in [-0.3, -0.25) is 9.59 Å². The fourth-order valence-electron chi connectivity index (χ4n) is 2.99. The number of benzene rings is 1. The summed E-state index contributed by atoms with van der Waals surface area (Å²) in [7, 11) is 1.52. The first-order chi connectivity index (χ1) is 13.0. The maximum absolute atomic E-state index is 12.7. The zero-order valence-corrected chi connectivity index (χ0v) is 16.3. The normalized spacial score (nSPS) is 10.6. The molecule has 0 fully saturated rings. The van der Waals surface area contributed by atoms with Gasteiger partial charge in [0.2, 0.25) is 5.78 Å². The third-order valence-corrected chi connectivity index (χ3v) is 5.31. The SMILES string of the molecule is COc1ccc(C=O)cc1OCC(=O)c1cc(C)n(Cc2cccs2)c1C. The van der Waals surface area contributed by atoms with E-state index in [9.17, 15) is 9.59 Å². The van der Waals surface area contributed by atoms with E-state index in [1.807, 2.05) is 31.4 Å². The van der Waals surface area contributed by atoms with Crippen molar-refractivity contribution in [2.75, 3.05) is 13.7 Å². The van der Waals surface area contributed by atoms with Gasteiger partial charge < -0.3 is 14.0 Å². The molecular weight excluding hydrogens is 362 g/mol. The predicted octanol–water partition coefficient (Wildman–Crippen LogP) is 4.30. The van der Waals surface area contributed by atoms with Crippen molar-refractivity contribution in [3.8, 4) is 11.5 Å². The van der Waals surface area contributed by atoms with Crippen LogP contribution < -0.4 is 9.47 Å². The zero-order valence-electron chi connectivity index (χ0n) is 15.5. The predicted molar refractivity (Wildman–Crippen MR) is 106 cm³/mol. The number of thiophene rings is 1. The Kier molecular flexibility index (Phi) is 5.76. The monoisotopic (exact) mass is 383 g/mol. The summed E-state index contributed by atoms with van der Waals surface area (Å²) < 4.78 is 13.0. The van der Waals surface area contributed by atoms with Gasteiger partial charge in [0.15, 0.2) is 18.1 Å². The molecule has 0 unspecified atom stereocenters. The Hall–Kier alpha value is -2.86. The summed E-state index contributed by atoms with van der Waals surface area (Å²) in [6.45, 7) is 4.57. The van der Waals surface area contributed by atoms with Gasteiger partial charge in [-0.05, 0) is 49.6 Å². The number of rotatable bonds is 8. The lowest BCUT2D eigenvalue weighted by Gasteiger charge is -2.11. The van der Waals surface area contributed by atoms with Gasteiger partial charge >= 0.3 is 0 Å². The van der Waals surface area contributed by atoms with Crippen molar-refractivity contribution in [1.82, 2.24) is 4.57 Å². The van der Waals surface area contributed by atoms with Crippen LogP contribution in [0.25, 0.3) is 0 Å². The quantitative estimate of drug-likeness (QED) is 0.430. The van der Waals surface area contributed by atoms with E-state index in [2.05, 4.69) is 10.6 Å². The number of carbonyl (C=O) groups is 2. The van der Waals surface area contributed by atoms with E-state index in [4.69, 9.17) is 9.47 Å². The molecule has 0 amide bonds. The van der Waals surface area contributed by atoms with Gasteiger partial charge in [-0.2, -0.15) is 0 Å². The summed E-state index contributed by atoms with van der Waals surface area (Å²) in [5, 5.41) is 2.05. The van der Waals surface area contributed by atoms with Gasteiger partial charge in [0.1, 0.15) is 6.29 Å². The van der Waals surface area contributed by atoms with Gasteiger partial charge in [0.05, 0.1) is 13.7 Å². The van der Waals surface area contributed by atoms with E-state index in [0.29, 0.717) is 22.6 Å². The lowest BCUT2D eigenvalue weighted by atomic mass is 10.1. The highest BCUT2D eigenvalue weighted by Gasteiger charge is 2.17. The second-order valence-electron chi connectivity index (χ2n) is 6.19. The first-order valence-electron chi connectivity index (χ1n) is 8.51. The molecule has 0 bridgehead atoms. The third-order valence-electron chi connectivity index (χ3n) is 4.45. The molecule has 1 aromatic carbocycles. The summed E-state index contributed by atoms with van der Waals surface area (Å²) in [6, 6.07) is 10.9. The molecular formula is C21H21NO4S. The molecule has 0 radical (unpaired) electrons. The number of methoxy groups -OCH3 is 1. The Balaban J connectivity index is 1.76. The fourth-order valence-corrected chi connectivity index (χ4v) is 3.68. The molecule has 5 nitrogen and oxygen atoms in total. The minimum absolute atomic E-state index is 0.112. The second kappa shape index (κ2) is 8.22. The van der Waals surface area contributed by atoms with E-state index >= 15 is 0 Å². The summed E-state index contributed by atoms with van der Waals surface area (Å²) in [6.07, 6.45) is 0.728. The van der Waals surface area contributed by atoms with E-state index < -0.39 is 0 Å². The lowest BCUT2D eigenvalue weighted by molar-refractivity contribution is 0.0918. The maximum Gasteiger partial charge on any atom is 0.202 e. The van der Waals surface area contributed by atoms with Crippen molar-refractivity contribution in [3.63, 3.8) is 0 Å². The van der Waals surface area contributed by atoms with Crippen molar-refractivity contribution >= 4 is 23.4 Å². The Labute approximate surface area is 162 Å². The van der Waals surface area contributed by atoms with Gasteiger partial charge in [0.25, 0.3) is 0 Å². The number of nitrogens with zero attached hydrogens (tertiary/aromatic N) is 1. The number of hydrogen-bond donors (Lipinski definition) is 0. The Morgan fingerprint density at radius 3 is 2.67 bits per heavy atom. The first kappa shape index (κ1) is 18.9. The summed E-state index contributed by atoms with van der Waals surface area (Å²) in [4.78, 5) is 24.9. The second-order valence-corrected chi connectivity index (χ2v) is 7.22. The summed E-state index contributed by atoms with van der Waals surface area (Å²) in [5.74, 6) is 0.749. The molecule has 0 aliphatic rings. The standard InChI is InChI=1S/C21H21NO4S/c1-14-9-18(15(2)22(14)11-17-5-4-8-27-17)19(24)13-26-21-10-16(12-23)6-7-20(21)25-3/h4-10,12H,11,13H2,1-3H3. The van der Waals surface area contributed by atoms with Crippen LogP contribution in [0, 0.1) is 13.8 Å². The number of carbonyl (C=O) groups excluding carboxylic acids is 2. The average Bonchev–Trinajstić information content (AvgIpc) is 3.29. The number of ketones is 1. The zero-order chi connectivity index (χ0) is 19.4. The largest absolute Gasteiger partial charge is 0.493 e. The molecule has 3 rings (SSSR count). The van der Waals surface area contributed by atoms with Crippen molar-refractivity contribution in [2.24, 2.45) is 0 Å². The van der Waals surface area contributed by atoms with Crippen LogP contribution in [-0.2, 0) is 6.54 Å². The number of hydrogen-bond acceptors (Lipinski definition) is 5. The Bertz CT molecular complexity index is 957. The topological polar surface area (TPSA) is 57.5 Å². The van der Waals surface area contributed by atoms with Gasteiger partial charge in [-0.15, -0.1) is 11.3 Å². The molecule has 0 N–H and O–H groups in total. The number of aldehydes is 1. The fraction of sp³-hybridized carbons (Fsp3) is 0.238. The molecule has 0 aliphatic heterocycles. The smallest absolute Gasteiger partial charge is 0.202 e. The van der Waals surface area contributed by atoms with Crippen LogP contribution in [-0.4, -0.2) is 30.4 Å². The minimum Gasteiger partial charge on any atom is -0.493 e. The molecule has 0 saturated carbocycles. The minimum atomic E-state index is -0.123. The van der Waals surface area contributed by atoms with Crippen LogP contribution in [0.1, 0.15) is 37.0 Å². The van der Waals surface area contributed by atoms with E-state index in [1.54, 1.807) is 29.5 Å². The summed E-state index contributed by atoms with van der Waals surface area (Å²) >= 11 is 1.70. The van der Waals surface area contributed by atoms with Crippen LogP contribution in [0.2, 0.25) is 0 Å². The number of Topliss-reactive ketones (excluding diaryl/α,β-unsaturated/α-hetero) is 1. The Morgan fingerprint density at radius 2 is 2.00 bits per heavy atom.